The van der Waals surface area contributed by atoms with Crippen LogP contribution in [-0.2, 0) is 16.1 Å². The van der Waals surface area contributed by atoms with Crippen LogP contribution in [0.4, 0.5) is 0 Å². The van der Waals surface area contributed by atoms with Gasteiger partial charge in [0.1, 0.15) is 11.6 Å². The fraction of sp³-hybridized carbons (Fsp3) is 0.200. The molecular weight excluding hydrogens is 446 g/mol. The van der Waals surface area contributed by atoms with E-state index in [1.165, 1.54) is 0 Å². The Labute approximate surface area is 195 Å². The standard InChI is InChI=1S/C25H22ClNO2S2/c1-16(2)24(22-14-17-13-18(26)11-12-21(17)31-22)25(28)29-15-19-7-6-10-23(27-19)30-20-8-4-3-5-9-20/h3-14,16,24H,15H2,1-2H3. The van der Waals surface area contributed by atoms with Gasteiger partial charge in [-0.3, -0.25) is 4.79 Å². The summed E-state index contributed by atoms with van der Waals surface area (Å²) < 4.78 is 6.82. The van der Waals surface area contributed by atoms with Gasteiger partial charge in [0.15, 0.2) is 0 Å². The summed E-state index contributed by atoms with van der Waals surface area (Å²) in [5, 5.41) is 2.62. The Morgan fingerprint density at radius 3 is 2.65 bits per heavy atom. The normalized spacial score (nSPS) is 12.3. The van der Waals surface area contributed by atoms with Crippen molar-refractivity contribution in [2.75, 3.05) is 0 Å². The van der Waals surface area contributed by atoms with Crippen molar-refractivity contribution in [1.82, 2.24) is 4.98 Å². The van der Waals surface area contributed by atoms with Crippen LogP contribution in [0.3, 0.4) is 0 Å². The van der Waals surface area contributed by atoms with Crippen LogP contribution in [0.1, 0.15) is 30.3 Å². The predicted molar refractivity (Wildman–Crippen MR) is 129 cm³/mol. The zero-order chi connectivity index (χ0) is 21.8. The summed E-state index contributed by atoms with van der Waals surface area (Å²) in [6.45, 7) is 4.24. The van der Waals surface area contributed by atoms with E-state index in [1.807, 2.05) is 86.6 Å². The number of carbonyl (C=O) groups is 1. The highest BCUT2D eigenvalue weighted by molar-refractivity contribution is 7.99. The molecule has 2 aromatic heterocycles. The Hall–Kier alpha value is -2.34. The maximum Gasteiger partial charge on any atom is 0.314 e. The van der Waals surface area contributed by atoms with Crippen molar-refractivity contribution in [1.29, 1.82) is 0 Å². The number of fused-ring (bicyclic) bond motifs is 1. The minimum atomic E-state index is -0.321. The monoisotopic (exact) mass is 467 g/mol. The summed E-state index contributed by atoms with van der Waals surface area (Å²) in [6.07, 6.45) is 0. The topological polar surface area (TPSA) is 39.2 Å². The summed E-state index contributed by atoms with van der Waals surface area (Å²) in [7, 11) is 0. The predicted octanol–water partition coefficient (Wildman–Crippen LogP) is 7.58. The Balaban J connectivity index is 1.46. The number of nitrogens with zero attached hydrogens (tertiary/aromatic N) is 1. The highest BCUT2D eigenvalue weighted by atomic mass is 35.5. The maximum absolute atomic E-state index is 13.0. The lowest BCUT2D eigenvalue weighted by Crippen LogP contribution is -2.20. The third kappa shape index (κ3) is 5.48. The largest absolute Gasteiger partial charge is 0.459 e. The minimum Gasteiger partial charge on any atom is -0.459 e. The number of hydrogen-bond donors (Lipinski definition) is 0. The number of thiophene rings is 1. The number of halogens is 1. The van der Waals surface area contributed by atoms with Gasteiger partial charge < -0.3 is 4.74 Å². The van der Waals surface area contributed by atoms with Crippen LogP contribution in [0.2, 0.25) is 5.02 Å². The minimum absolute atomic E-state index is 0.115. The first-order valence-electron chi connectivity index (χ1n) is 10.0. The SMILES string of the molecule is CC(C)C(C(=O)OCc1cccc(Sc2ccccc2)n1)c1cc2cc(Cl)ccc2s1. The van der Waals surface area contributed by atoms with E-state index in [2.05, 4.69) is 4.98 Å². The molecular formula is C25H22ClNO2S2. The molecule has 0 aliphatic rings. The van der Waals surface area contributed by atoms with Crippen molar-refractivity contribution in [3.05, 3.63) is 88.4 Å². The molecule has 0 saturated carbocycles. The molecule has 4 rings (SSSR count). The van der Waals surface area contributed by atoms with Crippen molar-refractivity contribution in [2.45, 2.75) is 36.3 Å². The number of benzene rings is 2. The molecule has 6 heteroatoms. The number of hydrogen-bond acceptors (Lipinski definition) is 5. The highest BCUT2D eigenvalue weighted by Crippen LogP contribution is 2.36. The number of ether oxygens (including phenoxy) is 1. The molecule has 3 nitrogen and oxygen atoms in total. The average molecular weight is 468 g/mol. The van der Waals surface area contributed by atoms with Crippen LogP contribution in [-0.4, -0.2) is 11.0 Å². The lowest BCUT2D eigenvalue weighted by atomic mass is 9.94. The van der Waals surface area contributed by atoms with E-state index in [0.29, 0.717) is 5.02 Å². The van der Waals surface area contributed by atoms with Crippen molar-refractivity contribution < 1.29 is 9.53 Å². The molecule has 0 aliphatic heterocycles. The van der Waals surface area contributed by atoms with E-state index < -0.39 is 0 Å². The Morgan fingerprint density at radius 1 is 1.06 bits per heavy atom. The van der Waals surface area contributed by atoms with Gasteiger partial charge in [-0.1, -0.05) is 61.5 Å². The fourth-order valence-corrected chi connectivity index (χ4v) is 5.68. The molecule has 2 aromatic carbocycles. The summed E-state index contributed by atoms with van der Waals surface area (Å²) in [6, 6.07) is 23.7. The number of pyridine rings is 1. The Morgan fingerprint density at radius 2 is 1.87 bits per heavy atom. The second kappa shape index (κ2) is 9.86. The third-order valence-electron chi connectivity index (χ3n) is 4.83. The van der Waals surface area contributed by atoms with Crippen LogP contribution >= 0.6 is 34.7 Å². The molecule has 1 unspecified atom stereocenters. The van der Waals surface area contributed by atoms with Crippen LogP contribution < -0.4 is 0 Å². The molecule has 0 fully saturated rings. The quantitative estimate of drug-likeness (QED) is 0.262. The van der Waals surface area contributed by atoms with Crippen molar-refractivity contribution in [3.8, 4) is 0 Å². The van der Waals surface area contributed by atoms with Gasteiger partial charge in [-0.25, -0.2) is 4.98 Å². The Kier molecular flexibility index (Phi) is 6.96. The number of carbonyl (C=O) groups excluding carboxylic acids is 1. The molecule has 2 heterocycles. The van der Waals surface area contributed by atoms with E-state index in [4.69, 9.17) is 16.3 Å². The van der Waals surface area contributed by atoms with Crippen molar-refractivity contribution in [2.24, 2.45) is 5.92 Å². The first-order chi connectivity index (χ1) is 15.0. The molecule has 0 saturated heterocycles. The van der Waals surface area contributed by atoms with Gasteiger partial charge in [-0.05, 0) is 59.8 Å². The van der Waals surface area contributed by atoms with Gasteiger partial charge in [-0.15, -0.1) is 11.3 Å². The molecule has 0 aliphatic carbocycles. The molecule has 0 spiro atoms. The van der Waals surface area contributed by atoms with Gasteiger partial charge in [-0.2, -0.15) is 0 Å². The zero-order valence-corrected chi connectivity index (χ0v) is 19.6. The van der Waals surface area contributed by atoms with Gasteiger partial charge >= 0.3 is 5.97 Å². The Bertz CT molecular complexity index is 1190. The molecule has 31 heavy (non-hydrogen) atoms. The average Bonchev–Trinajstić information content (AvgIpc) is 3.15. The van der Waals surface area contributed by atoms with Crippen LogP contribution in [0.15, 0.2) is 82.7 Å². The van der Waals surface area contributed by atoms with E-state index >= 15 is 0 Å². The lowest BCUT2D eigenvalue weighted by molar-refractivity contribution is -0.148. The number of rotatable bonds is 7. The van der Waals surface area contributed by atoms with Crippen LogP contribution in [0, 0.1) is 5.92 Å². The van der Waals surface area contributed by atoms with Gasteiger partial charge in [0.25, 0.3) is 0 Å². The lowest BCUT2D eigenvalue weighted by Gasteiger charge is -2.18. The molecule has 0 N–H and O–H groups in total. The molecule has 1 atom stereocenters. The maximum atomic E-state index is 13.0. The second-order valence-corrected chi connectivity index (χ2v) is 10.2. The van der Waals surface area contributed by atoms with Crippen LogP contribution in [0.25, 0.3) is 10.1 Å². The summed E-state index contributed by atoms with van der Waals surface area (Å²) in [4.78, 5) is 19.8. The van der Waals surface area contributed by atoms with Gasteiger partial charge in [0, 0.05) is 19.5 Å². The zero-order valence-electron chi connectivity index (χ0n) is 17.2. The molecule has 0 radical (unpaired) electrons. The van der Waals surface area contributed by atoms with Crippen LogP contribution in [0.5, 0.6) is 0 Å². The number of esters is 1. The van der Waals surface area contributed by atoms with E-state index in [0.717, 1.165) is 30.6 Å². The van der Waals surface area contributed by atoms with Gasteiger partial charge in [0.05, 0.1) is 11.6 Å². The first-order valence-corrected chi connectivity index (χ1v) is 12.0. The molecule has 158 valence electrons. The number of aromatic nitrogens is 1. The fourth-order valence-electron chi connectivity index (χ4n) is 3.34. The van der Waals surface area contributed by atoms with Crippen molar-refractivity contribution in [3.63, 3.8) is 0 Å². The second-order valence-electron chi connectivity index (χ2n) is 7.54. The third-order valence-corrected chi connectivity index (χ3v) is 7.21. The van der Waals surface area contributed by atoms with E-state index in [9.17, 15) is 4.79 Å². The van der Waals surface area contributed by atoms with E-state index in [1.54, 1.807) is 23.1 Å². The molecule has 0 bridgehead atoms. The van der Waals surface area contributed by atoms with Crippen molar-refractivity contribution >= 4 is 50.8 Å². The molecule has 4 aromatic rings. The first kappa shape index (κ1) is 21.9. The van der Waals surface area contributed by atoms with E-state index in [-0.39, 0.29) is 24.4 Å². The van der Waals surface area contributed by atoms with Gasteiger partial charge in [0.2, 0.25) is 0 Å². The highest BCUT2D eigenvalue weighted by Gasteiger charge is 2.28. The summed E-state index contributed by atoms with van der Waals surface area (Å²) in [5.74, 6) is -0.433. The molecule has 0 amide bonds. The summed E-state index contributed by atoms with van der Waals surface area (Å²) >= 11 is 9.32. The summed E-state index contributed by atoms with van der Waals surface area (Å²) in [5.41, 5.74) is 0.736. The smallest absolute Gasteiger partial charge is 0.314 e.